The zero-order chi connectivity index (χ0) is 20.0. The van der Waals surface area contributed by atoms with Gasteiger partial charge in [-0.2, -0.15) is 0 Å². The lowest BCUT2D eigenvalue weighted by atomic mass is 10.2. The van der Waals surface area contributed by atoms with E-state index in [2.05, 4.69) is 5.32 Å². The average molecular weight is 392 g/mol. The van der Waals surface area contributed by atoms with Crippen LogP contribution in [0.5, 0.6) is 11.5 Å². The molecule has 0 heterocycles. The van der Waals surface area contributed by atoms with E-state index >= 15 is 0 Å². The Balaban J connectivity index is 2.20. The molecule has 0 aliphatic carbocycles. The van der Waals surface area contributed by atoms with Crippen LogP contribution in [-0.2, 0) is 14.8 Å². The molecule has 0 aliphatic rings. The number of rotatable bonds is 8. The lowest BCUT2D eigenvalue weighted by Gasteiger charge is -2.23. The Morgan fingerprint density at radius 2 is 1.85 bits per heavy atom. The summed E-state index contributed by atoms with van der Waals surface area (Å²) in [5.74, 6) is 0.503. The standard InChI is InChI=1S/C19H24N2O5S/c1-14(2)26-16-9-7-8-15(12-16)20-19(22)13-21(27(4,23)24)17-10-5-6-11-18(17)25-3/h5-12,14H,13H2,1-4H3,(H,20,22). The molecule has 2 aromatic rings. The minimum Gasteiger partial charge on any atom is -0.495 e. The molecular formula is C19H24N2O5S. The van der Waals surface area contributed by atoms with Gasteiger partial charge in [0.2, 0.25) is 15.9 Å². The molecule has 0 bridgehead atoms. The molecule has 0 atom stereocenters. The summed E-state index contributed by atoms with van der Waals surface area (Å²) in [6.45, 7) is 3.43. The summed E-state index contributed by atoms with van der Waals surface area (Å²) in [5.41, 5.74) is 0.821. The van der Waals surface area contributed by atoms with Crippen LogP contribution in [0.25, 0.3) is 0 Å². The molecule has 0 unspecified atom stereocenters. The Bertz CT molecular complexity index is 896. The largest absolute Gasteiger partial charge is 0.495 e. The molecule has 0 saturated carbocycles. The van der Waals surface area contributed by atoms with Crippen molar-refractivity contribution in [3.8, 4) is 11.5 Å². The number of nitrogens with zero attached hydrogens (tertiary/aromatic N) is 1. The number of anilines is 2. The highest BCUT2D eigenvalue weighted by molar-refractivity contribution is 7.92. The number of sulfonamides is 1. The lowest BCUT2D eigenvalue weighted by molar-refractivity contribution is -0.114. The van der Waals surface area contributed by atoms with E-state index < -0.39 is 15.9 Å². The van der Waals surface area contributed by atoms with Gasteiger partial charge in [-0.25, -0.2) is 8.42 Å². The first kappa shape index (κ1) is 20.6. The van der Waals surface area contributed by atoms with Gasteiger partial charge >= 0.3 is 0 Å². The molecule has 146 valence electrons. The van der Waals surface area contributed by atoms with Crippen molar-refractivity contribution < 1.29 is 22.7 Å². The maximum Gasteiger partial charge on any atom is 0.245 e. The smallest absolute Gasteiger partial charge is 0.245 e. The summed E-state index contributed by atoms with van der Waals surface area (Å²) in [7, 11) is -2.25. The first-order valence-electron chi connectivity index (χ1n) is 8.38. The van der Waals surface area contributed by atoms with E-state index in [4.69, 9.17) is 9.47 Å². The third-order valence-electron chi connectivity index (χ3n) is 3.53. The summed E-state index contributed by atoms with van der Waals surface area (Å²) < 4.78 is 36.3. The number of methoxy groups -OCH3 is 1. The number of para-hydroxylation sites is 2. The molecule has 0 radical (unpaired) electrons. The Morgan fingerprint density at radius 1 is 1.15 bits per heavy atom. The summed E-state index contributed by atoms with van der Waals surface area (Å²) in [5, 5.41) is 2.70. The van der Waals surface area contributed by atoms with Crippen LogP contribution < -0.4 is 19.1 Å². The predicted octanol–water partition coefficient (Wildman–Crippen LogP) is 2.89. The summed E-state index contributed by atoms with van der Waals surface area (Å²) in [6, 6.07) is 13.6. The highest BCUT2D eigenvalue weighted by atomic mass is 32.2. The van der Waals surface area contributed by atoms with Crippen molar-refractivity contribution >= 4 is 27.3 Å². The third-order valence-corrected chi connectivity index (χ3v) is 4.66. The van der Waals surface area contributed by atoms with Gasteiger partial charge < -0.3 is 14.8 Å². The molecular weight excluding hydrogens is 368 g/mol. The van der Waals surface area contributed by atoms with E-state index in [1.54, 1.807) is 48.5 Å². The van der Waals surface area contributed by atoms with Crippen molar-refractivity contribution in [2.45, 2.75) is 20.0 Å². The topological polar surface area (TPSA) is 84.9 Å². The maximum absolute atomic E-state index is 12.5. The highest BCUT2D eigenvalue weighted by Crippen LogP contribution is 2.29. The van der Waals surface area contributed by atoms with Crippen molar-refractivity contribution in [3.63, 3.8) is 0 Å². The Morgan fingerprint density at radius 3 is 2.48 bits per heavy atom. The van der Waals surface area contributed by atoms with Crippen molar-refractivity contribution in [1.29, 1.82) is 0 Å². The van der Waals surface area contributed by atoms with Gasteiger partial charge in [-0.05, 0) is 38.1 Å². The van der Waals surface area contributed by atoms with E-state index in [1.165, 1.54) is 7.11 Å². The monoisotopic (exact) mass is 392 g/mol. The molecule has 0 spiro atoms. The van der Waals surface area contributed by atoms with Crippen LogP contribution in [0, 0.1) is 0 Å². The molecule has 8 heteroatoms. The van der Waals surface area contributed by atoms with Crippen LogP contribution in [0.15, 0.2) is 48.5 Å². The molecule has 0 aliphatic heterocycles. The van der Waals surface area contributed by atoms with Crippen LogP contribution in [0.2, 0.25) is 0 Å². The van der Waals surface area contributed by atoms with Crippen LogP contribution in [0.3, 0.4) is 0 Å². The van der Waals surface area contributed by atoms with E-state index in [9.17, 15) is 13.2 Å². The van der Waals surface area contributed by atoms with Crippen LogP contribution >= 0.6 is 0 Å². The van der Waals surface area contributed by atoms with Gasteiger partial charge in [0, 0.05) is 11.8 Å². The van der Waals surface area contributed by atoms with Crippen molar-refractivity contribution in [3.05, 3.63) is 48.5 Å². The average Bonchev–Trinajstić information content (AvgIpc) is 2.58. The van der Waals surface area contributed by atoms with Crippen molar-refractivity contribution in [1.82, 2.24) is 0 Å². The number of hydrogen-bond donors (Lipinski definition) is 1. The second-order valence-electron chi connectivity index (χ2n) is 6.18. The van der Waals surface area contributed by atoms with Crippen LogP contribution in [0.1, 0.15) is 13.8 Å². The molecule has 1 amide bonds. The zero-order valence-electron chi connectivity index (χ0n) is 15.8. The fourth-order valence-corrected chi connectivity index (χ4v) is 3.33. The molecule has 0 aromatic heterocycles. The fourth-order valence-electron chi connectivity index (χ4n) is 2.47. The number of ether oxygens (including phenoxy) is 2. The number of carbonyl (C=O) groups excluding carboxylic acids is 1. The first-order valence-corrected chi connectivity index (χ1v) is 10.2. The number of hydrogen-bond acceptors (Lipinski definition) is 5. The van der Waals surface area contributed by atoms with Crippen LogP contribution in [0.4, 0.5) is 11.4 Å². The SMILES string of the molecule is COc1ccccc1N(CC(=O)Nc1cccc(OC(C)C)c1)S(C)(=O)=O. The van der Waals surface area contributed by atoms with Gasteiger partial charge in [0.05, 0.1) is 25.2 Å². The van der Waals surface area contributed by atoms with Gasteiger partial charge in [-0.15, -0.1) is 0 Å². The lowest BCUT2D eigenvalue weighted by Crippen LogP contribution is -2.37. The second kappa shape index (κ2) is 8.77. The quantitative estimate of drug-likeness (QED) is 0.747. The third kappa shape index (κ3) is 5.89. The first-order chi connectivity index (χ1) is 12.7. The summed E-state index contributed by atoms with van der Waals surface area (Å²) in [6.07, 6.45) is 1.05. The number of carbonyl (C=O) groups is 1. The van der Waals surface area contributed by atoms with E-state index in [1.807, 2.05) is 13.8 Å². The molecule has 0 saturated heterocycles. The Hall–Kier alpha value is -2.74. The highest BCUT2D eigenvalue weighted by Gasteiger charge is 2.23. The van der Waals surface area contributed by atoms with E-state index in [0.717, 1.165) is 10.6 Å². The van der Waals surface area contributed by atoms with Crippen molar-refractivity contribution in [2.75, 3.05) is 29.5 Å². The van der Waals surface area contributed by atoms with Gasteiger partial charge in [0.1, 0.15) is 18.0 Å². The minimum atomic E-state index is -3.69. The Kier molecular flexibility index (Phi) is 6.68. The maximum atomic E-state index is 12.5. The molecule has 2 aromatic carbocycles. The zero-order valence-corrected chi connectivity index (χ0v) is 16.6. The Labute approximate surface area is 160 Å². The normalized spacial score (nSPS) is 11.1. The van der Waals surface area contributed by atoms with Gasteiger partial charge in [-0.3, -0.25) is 9.10 Å². The number of benzene rings is 2. The van der Waals surface area contributed by atoms with Gasteiger partial charge in [0.25, 0.3) is 0 Å². The molecule has 7 nitrogen and oxygen atoms in total. The number of nitrogens with one attached hydrogen (secondary N) is 1. The van der Waals surface area contributed by atoms with E-state index in [0.29, 0.717) is 22.9 Å². The molecule has 0 fully saturated rings. The number of amides is 1. The fraction of sp³-hybridized carbons (Fsp3) is 0.316. The summed E-state index contributed by atoms with van der Waals surface area (Å²) in [4.78, 5) is 12.5. The van der Waals surface area contributed by atoms with Crippen LogP contribution in [-0.4, -0.2) is 40.3 Å². The van der Waals surface area contributed by atoms with Crippen molar-refractivity contribution in [2.24, 2.45) is 0 Å². The van der Waals surface area contributed by atoms with Gasteiger partial charge in [-0.1, -0.05) is 18.2 Å². The van der Waals surface area contributed by atoms with E-state index in [-0.39, 0.29) is 12.6 Å². The van der Waals surface area contributed by atoms with Gasteiger partial charge in [0.15, 0.2) is 0 Å². The molecule has 2 rings (SSSR count). The minimum absolute atomic E-state index is 0.00206. The summed E-state index contributed by atoms with van der Waals surface area (Å²) >= 11 is 0. The molecule has 1 N–H and O–H groups in total. The predicted molar refractivity (Wildman–Crippen MR) is 106 cm³/mol. The second-order valence-corrected chi connectivity index (χ2v) is 8.09. The molecule has 27 heavy (non-hydrogen) atoms.